The summed E-state index contributed by atoms with van der Waals surface area (Å²) in [6.07, 6.45) is 1.11. The number of allylic oxidation sites excluding steroid dienone is 1. The van der Waals surface area contributed by atoms with Crippen molar-refractivity contribution in [2.75, 3.05) is 10.6 Å². The van der Waals surface area contributed by atoms with Gasteiger partial charge in [-0.1, -0.05) is 48.0 Å². The van der Waals surface area contributed by atoms with E-state index in [0.29, 0.717) is 23.4 Å². The van der Waals surface area contributed by atoms with Crippen LogP contribution in [0.3, 0.4) is 0 Å². The molecule has 0 saturated heterocycles. The Kier molecular flexibility index (Phi) is 4.80. The fourth-order valence-electron chi connectivity index (χ4n) is 4.40. The summed E-state index contributed by atoms with van der Waals surface area (Å²) < 4.78 is 14.0. The Morgan fingerprint density at radius 1 is 0.867 bits per heavy atom. The summed E-state index contributed by atoms with van der Waals surface area (Å²) >= 11 is 6.04. The van der Waals surface area contributed by atoms with Crippen molar-refractivity contribution in [1.82, 2.24) is 0 Å². The summed E-state index contributed by atoms with van der Waals surface area (Å²) in [4.78, 5) is 13.4. The van der Waals surface area contributed by atoms with Crippen molar-refractivity contribution < 1.29 is 9.18 Å². The zero-order valence-electron chi connectivity index (χ0n) is 16.2. The number of para-hydroxylation sites is 2. The molecule has 0 radical (unpaired) electrons. The van der Waals surface area contributed by atoms with Gasteiger partial charge in [-0.15, -0.1) is 0 Å². The minimum atomic E-state index is -0.412. The maximum Gasteiger partial charge on any atom is 0.163 e. The molecule has 0 saturated carbocycles. The van der Waals surface area contributed by atoms with Gasteiger partial charge in [-0.25, -0.2) is 4.39 Å². The minimum absolute atomic E-state index is 0.0678. The van der Waals surface area contributed by atoms with Gasteiger partial charge < -0.3 is 10.6 Å². The number of rotatable bonds is 2. The van der Waals surface area contributed by atoms with E-state index in [-0.39, 0.29) is 17.5 Å². The summed E-state index contributed by atoms with van der Waals surface area (Å²) in [5.41, 5.74) is 5.19. The van der Waals surface area contributed by atoms with E-state index in [1.165, 1.54) is 12.1 Å². The maximum absolute atomic E-state index is 14.0. The van der Waals surface area contributed by atoms with Crippen LogP contribution in [0.15, 0.2) is 84.1 Å². The van der Waals surface area contributed by atoms with Gasteiger partial charge >= 0.3 is 0 Å². The second kappa shape index (κ2) is 7.62. The predicted molar refractivity (Wildman–Crippen MR) is 118 cm³/mol. The first-order chi connectivity index (χ1) is 14.6. The Morgan fingerprint density at radius 2 is 1.63 bits per heavy atom. The van der Waals surface area contributed by atoms with Gasteiger partial charge in [-0.05, 0) is 59.9 Å². The fourth-order valence-corrected chi connectivity index (χ4v) is 4.53. The first-order valence-corrected chi connectivity index (χ1v) is 10.4. The van der Waals surface area contributed by atoms with Gasteiger partial charge in [0.05, 0.1) is 17.4 Å². The van der Waals surface area contributed by atoms with E-state index in [4.69, 9.17) is 11.6 Å². The Hall–Kier alpha value is -3.11. The number of hydrogen-bond acceptors (Lipinski definition) is 3. The van der Waals surface area contributed by atoms with Crippen LogP contribution >= 0.6 is 11.6 Å². The molecule has 2 atom stereocenters. The van der Waals surface area contributed by atoms with Crippen molar-refractivity contribution in [2.24, 2.45) is 0 Å². The molecule has 0 fully saturated rings. The highest BCUT2D eigenvalue weighted by atomic mass is 35.5. The van der Waals surface area contributed by atoms with Crippen molar-refractivity contribution in [1.29, 1.82) is 0 Å². The third-order valence-corrected chi connectivity index (χ3v) is 6.08. The highest BCUT2D eigenvalue weighted by molar-refractivity contribution is 6.30. The number of nitrogens with one attached hydrogen (secondary N) is 2. The highest BCUT2D eigenvalue weighted by Crippen LogP contribution is 2.44. The van der Waals surface area contributed by atoms with Gasteiger partial charge in [0, 0.05) is 22.7 Å². The summed E-state index contributed by atoms with van der Waals surface area (Å²) in [5, 5.41) is 7.64. The molecule has 2 aliphatic rings. The lowest BCUT2D eigenvalue weighted by atomic mass is 9.78. The van der Waals surface area contributed by atoms with E-state index < -0.39 is 6.04 Å². The van der Waals surface area contributed by atoms with Crippen LogP contribution < -0.4 is 10.6 Å². The number of Topliss-reactive ketones (excluding diaryl/α,β-unsaturated/α-hetero) is 1. The smallest absolute Gasteiger partial charge is 0.163 e. The number of hydrogen-bond donors (Lipinski definition) is 2. The van der Waals surface area contributed by atoms with Crippen LogP contribution in [0.4, 0.5) is 15.8 Å². The van der Waals surface area contributed by atoms with Crippen LogP contribution in [-0.2, 0) is 4.79 Å². The van der Waals surface area contributed by atoms with Crippen LogP contribution in [0, 0.1) is 5.82 Å². The number of carbonyl (C=O) groups excluding carboxylic acids is 1. The Bertz CT molecular complexity index is 1160. The molecule has 1 heterocycles. The minimum Gasteiger partial charge on any atom is -0.372 e. The quantitative estimate of drug-likeness (QED) is 0.501. The number of fused-ring (bicyclic) bond motifs is 1. The number of halogens is 2. The van der Waals surface area contributed by atoms with E-state index in [1.54, 1.807) is 6.07 Å². The average Bonchev–Trinajstić information content (AvgIpc) is 2.91. The van der Waals surface area contributed by atoms with Crippen LogP contribution in [-0.4, -0.2) is 5.78 Å². The molecule has 0 spiro atoms. The monoisotopic (exact) mass is 418 g/mol. The first kappa shape index (κ1) is 18.9. The third-order valence-electron chi connectivity index (χ3n) is 5.83. The van der Waals surface area contributed by atoms with Gasteiger partial charge in [0.25, 0.3) is 0 Å². The normalized spacial score (nSPS) is 20.5. The first-order valence-electron chi connectivity index (χ1n) is 9.98. The number of benzene rings is 3. The van der Waals surface area contributed by atoms with Gasteiger partial charge in [0.2, 0.25) is 0 Å². The maximum atomic E-state index is 14.0. The van der Waals surface area contributed by atoms with Gasteiger partial charge in [-0.2, -0.15) is 0 Å². The molecule has 30 heavy (non-hydrogen) atoms. The molecule has 0 amide bonds. The van der Waals surface area contributed by atoms with E-state index in [0.717, 1.165) is 28.2 Å². The number of ketones is 1. The zero-order valence-corrected chi connectivity index (χ0v) is 16.9. The molecule has 0 unspecified atom stereocenters. The van der Waals surface area contributed by atoms with Crippen LogP contribution in [0.2, 0.25) is 5.02 Å². The lowest BCUT2D eigenvalue weighted by molar-refractivity contribution is -0.116. The highest BCUT2D eigenvalue weighted by Gasteiger charge is 2.36. The van der Waals surface area contributed by atoms with E-state index in [2.05, 4.69) is 10.6 Å². The van der Waals surface area contributed by atoms with Crippen molar-refractivity contribution in [3.63, 3.8) is 0 Å². The molecule has 3 nitrogen and oxygen atoms in total. The second-order valence-electron chi connectivity index (χ2n) is 7.78. The summed E-state index contributed by atoms with van der Waals surface area (Å²) in [6.45, 7) is 0. The van der Waals surface area contributed by atoms with Crippen molar-refractivity contribution in [2.45, 2.75) is 24.8 Å². The zero-order chi connectivity index (χ0) is 20.7. The van der Waals surface area contributed by atoms with Gasteiger partial charge in [0.1, 0.15) is 5.82 Å². The van der Waals surface area contributed by atoms with Gasteiger partial charge in [0.15, 0.2) is 5.78 Å². The lowest BCUT2D eigenvalue weighted by Gasteiger charge is -2.30. The fraction of sp³-hybridized carbons (Fsp3) is 0.160. The van der Waals surface area contributed by atoms with Crippen LogP contribution in [0.1, 0.15) is 35.9 Å². The van der Waals surface area contributed by atoms with Gasteiger partial charge in [-0.3, -0.25) is 4.79 Å². The molecular weight excluding hydrogens is 399 g/mol. The summed E-state index contributed by atoms with van der Waals surface area (Å²) in [5.74, 6) is -0.179. The Labute approximate surface area is 179 Å². The molecule has 1 aliphatic carbocycles. The molecule has 3 aromatic rings. The Morgan fingerprint density at radius 3 is 2.40 bits per heavy atom. The summed E-state index contributed by atoms with van der Waals surface area (Å²) in [7, 11) is 0. The number of carbonyl (C=O) groups is 1. The largest absolute Gasteiger partial charge is 0.372 e. The van der Waals surface area contributed by atoms with Crippen molar-refractivity contribution >= 4 is 28.8 Å². The van der Waals surface area contributed by atoms with Crippen molar-refractivity contribution in [3.05, 3.63) is 106 Å². The molecule has 5 heteroatoms. The average molecular weight is 419 g/mol. The second-order valence-corrected chi connectivity index (χ2v) is 8.21. The molecule has 150 valence electrons. The molecule has 0 aromatic heterocycles. The van der Waals surface area contributed by atoms with Crippen molar-refractivity contribution in [3.8, 4) is 0 Å². The Balaban J connectivity index is 1.61. The third kappa shape index (κ3) is 3.48. The van der Waals surface area contributed by atoms with Crippen LogP contribution in [0.5, 0.6) is 0 Å². The molecule has 3 aromatic carbocycles. The topological polar surface area (TPSA) is 41.1 Å². The number of anilines is 2. The molecule has 1 aliphatic heterocycles. The molecular formula is C25H20ClFN2O. The summed E-state index contributed by atoms with van der Waals surface area (Å²) in [6, 6.07) is 21.6. The lowest BCUT2D eigenvalue weighted by Crippen LogP contribution is -2.26. The molecule has 0 bridgehead atoms. The standard InChI is InChI=1S/C25H20ClFN2O/c26-18-10-8-15(9-11-18)17-13-22-24(23(30)14-17)25(16-4-3-5-19(27)12-16)29-21-7-2-1-6-20(21)28-22/h1-12,17,25,28-29H,13-14H2/t17-,25-/m0/s1. The van der Waals surface area contributed by atoms with E-state index in [9.17, 15) is 9.18 Å². The SMILES string of the molecule is O=C1C[C@@H](c2ccc(Cl)cc2)CC2=C1[C@H](c1cccc(F)c1)Nc1ccccc1N2. The predicted octanol–water partition coefficient (Wildman–Crippen LogP) is 6.46. The van der Waals surface area contributed by atoms with Crippen LogP contribution in [0.25, 0.3) is 0 Å². The van der Waals surface area contributed by atoms with E-state index in [1.807, 2.05) is 54.6 Å². The van der Waals surface area contributed by atoms with E-state index >= 15 is 0 Å². The molecule has 5 rings (SSSR count). The molecule has 2 N–H and O–H groups in total.